The van der Waals surface area contributed by atoms with Gasteiger partial charge < -0.3 is 5.11 Å². The predicted molar refractivity (Wildman–Crippen MR) is 39.2 cm³/mol. The van der Waals surface area contributed by atoms with Crippen molar-refractivity contribution in [3.8, 4) is 0 Å². The lowest BCUT2D eigenvalue weighted by Gasteiger charge is -1.78. The third-order valence-electron chi connectivity index (χ3n) is 0.733. The minimum absolute atomic E-state index is 0.178. The monoisotopic (exact) mass is 142 g/mol. The van der Waals surface area contributed by atoms with Crippen LogP contribution in [0.3, 0.4) is 0 Å². The van der Waals surface area contributed by atoms with Gasteiger partial charge in [0.2, 0.25) is 0 Å². The lowest BCUT2D eigenvalue weighted by molar-refractivity contribution is 0.318. The van der Waals surface area contributed by atoms with Gasteiger partial charge in [-0.05, 0) is 19.1 Å². The minimum Gasteiger partial charge on any atom is -0.397 e. The molecule has 0 aliphatic rings. The SMILES string of the molecule is CCO.Fc1ccccc1. The number of benzene rings is 1. The van der Waals surface area contributed by atoms with Gasteiger partial charge in [-0.2, -0.15) is 0 Å². The van der Waals surface area contributed by atoms with Crippen molar-refractivity contribution in [3.63, 3.8) is 0 Å². The van der Waals surface area contributed by atoms with E-state index in [4.69, 9.17) is 5.11 Å². The maximum atomic E-state index is 11.9. The molecule has 0 saturated heterocycles. The highest BCUT2D eigenvalue weighted by atomic mass is 19.1. The third kappa shape index (κ3) is 5.25. The van der Waals surface area contributed by atoms with E-state index < -0.39 is 0 Å². The van der Waals surface area contributed by atoms with Crippen molar-refractivity contribution in [3.05, 3.63) is 36.1 Å². The standard InChI is InChI=1S/C6H5F.C2H6O/c7-6-4-2-1-3-5-6;1-2-3/h1-5H;3H,2H2,1H3. The fraction of sp³-hybridized carbons (Fsp3) is 0.250. The van der Waals surface area contributed by atoms with Crippen molar-refractivity contribution >= 4 is 0 Å². The van der Waals surface area contributed by atoms with Crippen LogP contribution >= 0.6 is 0 Å². The summed E-state index contributed by atoms with van der Waals surface area (Å²) < 4.78 is 11.9. The molecule has 1 aromatic carbocycles. The van der Waals surface area contributed by atoms with Crippen LogP contribution in [-0.2, 0) is 0 Å². The Balaban J connectivity index is 0.000000236. The van der Waals surface area contributed by atoms with Gasteiger partial charge in [-0.25, -0.2) is 4.39 Å². The Kier molecular flexibility index (Phi) is 5.68. The molecule has 0 radical (unpaired) electrons. The first-order valence-electron chi connectivity index (χ1n) is 3.12. The van der Waals surface area contributed by atoms with E-state index in [0.717, 1.165) is 0 Å². The van der Waals surface area contributed by atoms with Crippen LogP contribution in [0.1, 0.15) is 6.92 Å². The summed E-state index contributed by atoms with van der Waals surface area (Å²) in [6, 6.07) is 7.94. The fourth-order valence-electron chi connectivity index (χ4n) is 0.415. The average Bonchev–Trinajstić information content (AvgIpc) is 1.91. The number of hydrogen-bond donors (Lipinski definition) is 1. The van der Waals surface area contributed by atoms with Crippen LogP contribution in [0.15, 0.2) is 30.3 Å². The van der Waals surface area contributed by atoms with Gasteiger partial charge in [0.25, 0.3) is 0 Å². The summed E-state index contributed by atoms with van der Waals surface area (Å²) in [4.78, 5) is 0. The Morgan fingerprint density at radius 2 is 1.70 bits per heavy atom. The van der Waals surface area contributed by atoms with E-state index >= 15 is 0 Å². The molecule has 0 aromatic heterocycles. The number of aliphatic hydroxyl groups is 1. The summed E-state index contributed by atoms with van der Waals surface area (Å²) >= 11 is 0. The molecular weight excluding hydrogens is 131 g/mol. The van der Waals surface area contributed by atoms with E-state index in [9.17, 15) is 4.39 Å². The zero-order valence-corrected chi connectivity index (χ0v) is 5.92. The first-order chi connectivity index (χ1) is 4.81. The maximum Gasteiger partial charge on any atom is 0.123 e. The zero-order chi connectivity index (χ0) is 7.82. The molecular formula is C8H11FO. The number of hydrogen-bond acceptors (Lipinski definition) is 1. The average molecular weight is 142 g/mol. The minimum atomic E-state index is -0.178. The molecule has 0 aliphatic heterocycles. The van der Waals surface area contributed by atoms with Crippen LogP contribution in [0.25, 0.3) is 0 Å². The van der Waals surface area contributed by atoms with Crippen LogP contribution in [0.5, 0.6) is 0 Å². The van der Waals surface area contributed by atoms with E-state index in [2.05, 4.69) is 0 Å². The van der Waals surface area contributed by atoms with Crippen LogP contribution in [0, 0.1) is 5.82 Å². The summed E-state index contributed by atoms with van der Waals surface area (Å²) in [5.41, 5.74) is 0. The van der Waals surface area contributed by atoms with Gasteiger partial charge >= 0.3 is 0 Å². The van der Waals surface area contributed by atoms with Crippen molar-refractivity contribution in [2.24, 2.45) is 0 Å². The second-order valence-electron chi connectivity index (χ2n) is 1.61. The number of aliphatic hydroxyl groups excluding tert-OH is 1. The molecule has 1 nitrogen and oxygen atoms in total. The first kappa shape index (κ1) is 9.11. The molecule has 0 fully saturated rings. The van der Waals surface area contributed by atoms with Crippen molar-refractivity contribution in [2.75, 3.05) is 6.61 Å². The first-order valence-corrected chi connectivity index (χ1v) is 3.12. The fourth-order valence-corrected chi connectivity index (χ4v) is 0.415. The lowest BCUT2D eigenvalue weighted by Crippen LogP contribution is -1.63. The van der Waals surface area contributed by atoms with Crippen molar-refractivity contribution in [2.45, 2.75) is 6.92 Å². The van der Waals surface area contributed by atoms with Gasteiger partial charge in [-0.3, -0.25) is 0 Å². The lowest BCUT2D eigenvalue weighted by atomic mass is 10.4. The van der Waals surface area contributed by atoms with E-state index in [1.54, 1.807) is 25.1 Å². The summed E-state index contributed by atoms with van der Waals surface area (Å²) in [6.07, 6.45) is 0. The van der Waals surface area contributed by atoms with Crippen LogP contribution < -0.4 is 0 Å². The highest BCUT2D eigenvalue weighted by molar-refractivity contribution is 5.02. The topological polar surface area (TPSA) is 20.2 Å². The summed E-state index contributed by atoms with van der Waals surface area (Å²) in [6.45, 7) is 1.93. The van der Waals surface area contributed by atoms with Crippen LogP contribution in [0.4, 0.5) is 4.39 Å². The molecule has 0 bridgehead atoms. The summed E-state index contributed by atoms with van der Waals surface area (Å²) in [7, 11) is 0. The molecule has 0 saturated carbocycles. The molecule has 10 heavy (non-hydrogen) atoms. The van der Waals surface area contributed by atoms with Gasteiger partial charge in [0.1, 0.15) is 5.82 Å². The molecule has 0 unspecified atom stereocenters. The summed E-state index contributed by atoms with van der Waals surface area (Å²) in [5.74, 6) is -0.178. The Morgan fingerprint density at radius 1 is 1.30 bits per heavy atom. The molecule has 1 rings (SSSR count). The summed E-state index contributed by atoms with van der Waals surface area (Å²) in [5, 5.41) is 7.57. The Hall–Kier alpha value is -0.890. The maximum absolute atomic E-state index is 11.9. The smallest absolute Gasteiger partial charge is 0.123 e. The Morgan fingerprint density at radius 3 is 1.90 bits per heavy atom. The highest BCUT2D eigenvalue weighted by Gasteiger charge is 1.77. The second-order valence-corrected chi connectivity index (χ2v) is 1.61. The van der Waals surface area contributed by atoms with Crippen LogP contribution in [-0.4, -0.2) is 11.7 Å². The zero-order valence-electron chi connectivity index (χ0n) is 5.92. The van der Waals surface area contributed by atoms with E-state index in [-0.39, 0.29) is 12.4 Å². The van der Waals surface area contributed by atoms with Crippen molar-refractivity contribution in [1.82, 2.24) is 0 Å². The van der Waals surface area contributed by atoms with Crippen LogP contribution in [0.2, 0.25) is 0 Å². The Labute approximate surface area is 60.1 Å². The molecule has 56 valence electrons. The highest BCUT2D eigenvalue weighted by Crippen LogP contribution is 1.91. The molecule has 1 aromatic rings. The molecule has 0 heterocycles. The van der Waals surface area contributed by atoms with Crippen molar-refractivity contribution in [1.29, 1.82) is 0 Å². The van der Waals surface area contributed by atoms with Crippen molar-refractivity contribution < 1.29 is 9.50 Å². The van der Waals surface area contributed by atoms with Gasteiger partial charge in [0.15, 0.2) is 0 Å². The number of rotatable bonds is 0. The number of halogens is 1. The van der Waals surface area contributed by atoms with E-state index in [1.165, 1.54) is 12.1 Å². The van der Waals surface area contributed by atoms with Gasteiger partial charge in [-0.1, -0.05) is 18.2 Å². The molecule has 0 amide bonds. The molecule has 1 N–H and O–H groups in total. The predicted octanol–water partition coefficient (Wildman–Crippen LogP) is 1.82. The molecule has 2 heteroatoms. The molecule has 0 atom stereocenters. The normalized spacial score (nSPS) is 7.90. The largest absolute Gasteiger partial charge is 0.397 e. The molecule has 0 spiro atoms. The van der Waals surface area contributed by atoms with E-state index in [1.807, 2.05) is 0 Å². The quantitative estimate of drug-likeness (QED) is 0.585. The van der Waals surface area contributed by atoms with E-state index in [0.29, 0.717) is 0 Å². The van der Waals surface area contributed by atoms with Gasteiger partial charge in [0, 0.05) is 6.61 Å². The second kappa shape index (κ2) is 6.23. The van der Waals surface area contributed by atoms with Gasteiger partial charge in [0.05, 0.1) is 0 Å². The Bertz CT molecular complexity index is 151. The van der Waals surface area contributed by atoms with Gasteiger partial charge in [-0.15, -0.1) is 0 Å². The third-order valence-corrected chi connectivity index (χ3v) is 0.733. The molecule has 0 aliphatic carbocycles.